The third-order valence-electron chi connectivity index (χ3n) is 3.46. The number of hydrogen-bond acceptors (Lipinski definition) is 5. The Balaban J connectivity index is 2.10. The van der Waals surface area contributed by atoms with Gasteiger partial charge >= 0.3 is 0 Å². The number of nitrogens with zero attached hydrogens (tertiary/aromatic N) is 1. The van der Waals surface area contributed by atoms with Crippen molar-refractivity contribution < 1.29 is 14.4 Å². The first-order chi connectivity index (χ1) is 12.9. The van der Waals surface area contributed by atoms with Gasteiger partial charge in [-0.15, -0.1) is 0 Å². The number of amides is 2. The van der Waals surface area contributed by atoms with Crippen LogP contribution in [-0.2, 0) is 9.59 Å². The highest BCUT2D eigenvalue weighted by atomic mass is 16.2. The molecule has 0 saturated carbocycles. The number of rotatable bonds is 6. The van der Waals surface area contributed by atoms with Crippen LogP contribution < -0.4 is 16.0 Å². The van der Waals surface area contributed by atoms with Gasteiger partial charge < -0.3 is 16.0 Å². The average molecular weight is 362 g/mol. The molecule has 2 rings (SSSR count). The van der Waals surface area contributed by atoms with Crippen LogP contribution in [0.3, 0.4) is 0 Å². The molecule has 2 amide bonds. The smallest absolute Gasteiger partial charge is 0.267 e. The van der Waals surface area contributed by atoms with Crippen molar-refractivity contribution in [2.24, 2.45) is 0 Å². The average Bonchev–Trinajstić information content (AvgIpc) is 2.62. The number of hydrogen-bond donors (Lipinski definition) is 3. The molecule has 2 aromatic carbocycles. The van der Waals surface area contributed by atoms with Crippen molar-refractivity contribution in [3.63, 3.8) is 0 Å². The number of ketones is 1. The van der Waals surface area contributed by atoms with Gasteiger partial charge in [-0.3, -0.25) is 14.4 Å². The second-order valence-electron chi connectivity index (χ2n) is 5.67. The Hall–Kier alpha value is -3.92. The monoisotopic (exact) mass is 362 g/mol. The molecular weight excluding hydrogens is 344 g/mol. The van der Waals surface area contributed by atoms with E-state index in [9.17, 15) is 19.6 Å². The van der Waals surface area contributed by atoms with Gasteiger partial charge in [0.1, 0.15) is 11.6 Å². The Morgan fingerprint density at radius 2 is 1.56 bits per heavy atom. The summed E-state index contributed by atoms with van der Waals surface area (Å²) in [7, 11) is 0. The number of benzene rings is 2. The summed E-state index contributed by atoms with van der Waals surface area (Å²) in [5, 5.41) is 17.3. The van der Waals surface area contributed by atoms with Gasteiger partial charge in [-0.05, 0) is 37.3 Å². The standard InChI is InChI=1S/C20H18N4O3/c1-13(25)15-5-3-7-18(9-15)24-20(27)16(11-21)12-22-17-6-4-8-19(10-17)23-14(2)26/h3-10,12,22H,1-2H3,(H,23,26)(H,24,27)/b16-12-. The molecule has 0 atom stereocenters. The van der Waals surface area contributed by atoms with E-state index in [1.54, 1.807) is 48.5 Å². The molecule has 0 radical (unpaired) electrons. The fourth-order valence-corrected chi connectivity index (χ4v) is 2.21. The molecule has 0 spiro atoms. The van der Waals surface area contributed by atoms with Gasteiger partial charge in [0.15, 0.2) is 5.78 Å². The van der Waals surface area contributed by atoms with Gasteiger partial charge in [0.25, 0.3) is 5.91 Å². The lowest BCUT2D eigenvalue weighted by Crippen LogP contribution is -2.15. The Morgan fingerprint density at radius 1 is 0.926 bits per heavy atom. The molecule has 0 aliphatic rings. The third kappa shape index (κ3) is 5.83. The molecule has 7 nitrogen and oxygen atoms in total. The number of anilines is 3. The normalized spacial score (nSPS) is 10.5. The molecule has 2 aromatic rings. The second-order valence-corrected chi connectivity index (χ2v) is 5.67. The molecule has 0 heterocycles. The van der Waals surface area contributed by atoms with Crippen molar-refractivity contribution in [2.75, 3.05) is 16.0 Å². The van der Waals surface area contributed by atoms with E-state index >= 15 is 0 Å². The first-order valence-electron chi connectivity index (χ1n) is 8.06. The van der Waals surface area contributed by atoms with Gasteiger partial charge in [0.2, 0.25) is 5.91 Å². The van der Waals surface area contributed by atoms with E-state index in [1.165, 1.54) is 20.0 Å². The summed E-state index contributed by atoms with van der Waals surface area (Å²) < 4.78 is 0. The quantitative estimate of drug-likeness (QED) is 0.415. The minimum Gasteiger partial charge on any atom is -0.360 e. The molecule has 7 heteroatoms. The van der Waals surface area contributed by atoms with Gasteiger partial charge in [0.05, 0.1) is 0 Å². The summed E-state index contributed by atoms with van der Waals surface area (Å²) in [5.74, 6) is -0.931. The zero-order chi connectivity index (χ0) is 19.8. The predicted molar refractivity (Wildman–Crippen MR) is 103 cm³/mol. The third-order valence-corrected chi connectivity index (χ3v) is 3.46. The van der Waals surface area contributed by atoms with Crippen LogP contribution in [0.2, 0.25) is 0 Å². The van der Waals surface area contributed by atoms with E-state index in [0.717, 1.165) is 0 Å². The molecule has 3 N–H and O–H groups in total. The van der Waals surface area contributed by atoms with E-state index in [-0.39, 0.29) is 17.3 Å². The molecule has 0 unspecified atom stereocenters. The summed E-state index contributed by atoms with van der Waals surface area (Å²) in [5.41, 5.74) is 1.92. The maximum atomic E-state index is 12.3. The van der Waals surface area contributed by atoms with Crippen molar-refractivity contribution >= 4 is 34.7 Å². The highest BCUT2D eigenvalue weighted by Crippen LogP contribution is 2.16. The lowest BCUT2D eigenvalue weighted by atomic mass is 10.1. The van der Waals surface area contributed by atoms with Crippen molar-refractivity contribution in [3.05, 3.63) is 65.9 Å². The Morgan fingerprint density at radius 3 is 2.19 bits per heavy atom. The van der Waals surface area contributed by atoms with Gasteiger partial charge in [-0.1, -0.05) is 18.2 Å². The topological polar surface area (TPSA) is 111 Å². The molecule has 0 aliphatic carbocycles. The second kappa shape index (κ2) is 8.97. The van der Waals surface area contributed by atoms with Crippen LogP contribution >= 0.6 is 0 Å². The van der Waals surface area contributed by atoms with Crippen LogP contribution in [0.5, 0.6) is 0 Å². The predicted octanol–water partition coefficient (Wildman–Crippen LogP) is 3.31. The minimum atomic E-state index is -0.608. The van der Waals surface area contributed by atoms with Crippen LogP contribution in [-0.4, -0.2) is 17.6 Å². The van der Waals surface area contributed by atoms with Crippen LogP contribution in [0.15, 0.2) is 60.3 Å². The number of Topliss-reactive ketones (excluding diaryl/α,β-unsaturated/α-hetero) is 1. The van der Waals surface area contributed by atoms with E-state index in [2.05, 4.69) is 16.0 Å². The maximum absolute atomic E-state index is 12.3. The SMILES string of the molecule is CC(=O)Nc1cccc(N/C=C(/C#N)C(=O)Nc2cccc(C(C)=O)c2)c1. The number of nitriles is 1. The van der Waals surface area contributed by atoms with Crippen molar-refractivity contribution in [1.82, 2.24) is 0 Å². The van der Waals surface area contributed by atoms with Gasteiger partial charge in [-0.25, -0.2) is 0 Å². The lowest BCUT2D eigenvalue weighted by molar-refractivity contribution is -0.114. The van der Waals surface area contributed by atoms with Gasteiger partial charge in [0, 0.05) is 35.7 Å². The molecular formula is C20H18N4O3. The van der Waals surface area contributed by atoms with E-state index in [0.29, 0.717) is 22.6 Å². The number of carbonyl (C=O) groups is 3. The number of nitrogens with one attached hydrogen (secondary N) is 3. The van der Waals surface area contributed by atoms with Crippen LogP contribution in [0, 0.1) is 11.3 Å². The summed E-state index contributed by atoms with van der Waals surface area (Å²) in [6.45, 7) is 2.83. The largest absolute Gasteiger partial charge is 0.360 e. The highest BCUT2D eigenvalue weighted by Gasteiger charge is 2.10. The van der Waals surface area contributed by atoms with E-state index < -0.39 is 5.91 Å². The zero-order valence-electron chi connectivity index (χ0n) is 14.9. The summed E-state index contributed by atoms with van der Waals surface area (Å²) >= 11 is 0. The van der Waals surface area contributed by atoms with Crippen LogP contribution in [0.1, 0.15) is 24.2 Å². The van der Waals surface area contributed by atoms with Crippen LogP contribution in [0.4, 0.5) is 17.1 Å². The molecule has 27 heavy (non-hydrogen) atoms. The molecule has 0 aliphatic heterocycles. The Labute approximate surface area is 156 Å². The fraction of sp³-hybridized carbons (Fsp3) is 0.100. The molecule has 136 valence electrons. The summed E-state index contributed by atoms with van der Waals surface area (Å²) in [6, 6.07) is 15.1. The van der Waals surface area contributed by atoms with E-state index in [1.807, 2.05) is 6.07 Å². The van der Waals surface area contributed by atoms with Crippen molar-refractivity contribution in [3.8, 4) is 6.07 Å². The molecule has 0 aromatic heterocycles. The minimum absolute atomic E-state index is 0.122. The van der Waals surface area contributed by atoms with Crippen molar-refractivity contribution in [2.45, 2.75) is 13.8 Å². The summed E-state index contributed by atoms with van der Waals surface area (Å²) in [4.78, 5) is 34.8. The highest BCUT2D eigenvalue weighted by molar-refractivity contribution is 6.07. The molecule has 0 saturated heterocycles. The molecule has 0 bridgehead atoms. The zero-order valence-corrected chi connectivity index (χ0v) is 14.9. The first-order valence-corrected chi connectivity index (χ1v) is 8.06. The number of carbonyl (C=O) groups excluding carboxylic acids is 3. The molecule has 0 fully saturated rings. The first kappa shape index (κ1) is 19.4. The Kier molecular flexibility index (Phi) is 6.44. The lowest BCUT2D eigenvalue weighted by Gasteiger charge is -2.07. The Bertz CT molecular complexity index is 958. The van der Waals surface area contributed by atoms with Crippen molar-refractivity contribution in [1.29, 1.82) is 5.26 Å². The van der Waals surface area contributed by atoms with Gasteiger partial charge in [-0.2, -0.15) is 5.26 Å². The maximum Gasteiger partial charge on any atom is 0.267 e. The fourth-order valence-electron chi connectivity index (χ4n) is 2.21. The van der Waals surface area contributed by atoms with E-state index in [4.69, 9.17) is 0 Å². The van der Waals surface area contributed by atoms with Crippen LogP contribution in [0.25, 0.3) is 0 Å². The summed E-state index contributed by atoms with van der Waals surface area (Å²) in [6.07, 6.45) is 1.27.